The minimum Gasteiger partial charge on any atom is -0.492 e. The number of rotatable bonds is 7. The number of imide groups is 1. The first-order valence-corrected chi connectivity index (χ1v) is 10.7. The lowest BCUT2D eigenvalue weighted by Crippen LogP contribution is -2.49. The Morgan fingerprint density at radius 1 is 0.839 bits per heavy atom. The molecule has 2 heterocycles. The molecule has 3 amide bonds. The smallest absolute Gasteiger partial charge is 0.253 e. The highest BCUT2D eigenvalue weighted by atomic mass is 16.5. The molecule has 0 unspecified atom stereocenters. The van der Waals surface area contributed by atoms with Crippen molar-refractivity contribution < 1.29 is 19.1 Å². The summed E-state index contributed by atoms with van der Waals surface area (Å²) >= 11 is 0. The van der Waals surface area contributed by atoms with Gasteiger partial charge in [0.25, 0.3) is 5.91 Å². The Morgan fingerprint density at radius 3 is 2.13 bits per heavy atom. The van der Waals surface area contributed by atoms with Crippen LogP contribution in [0.5, 0.6) is 5.75 Å². The molecule has 2 saturated heterocycles. The SMILES string of the molecule is O=C(c1ccc(CN2C(=O)CCC2=O)cc1)N1CCN(CCOc2ccccc2)CC1. The van der Waals surface area contributed by atoms with Crippen LogP contribution in [-0.2, 0) is 16.1 Å². The first-order chi connectivity index (χ1) is 15.1. The molecule has 2 aromatic rings. The summed E-state index contributed by atoms with van der Waals surface area (Å²) in [5, 5.41) is 0. The molecule has 2 fully saturated rings. The molecule has 0 aliphatic carbocycles. The highest BCUT2D eigenvalue weighted by molar-refractivity contribution is 6.01. The number of carbonyl (C=O) groups excluding carboxylic acids is 3. The van der Waals surface area contributed by atoms with Gasteiger partial charge >= 0.3 is 0 Å². The van der Waals surface area contributed by atoms with Crippen LogP contribution in [0.3, 0.4) is 0 Å². The van der Waals surface area contributed by atoms with Gasteiger partial charge in [-0.1, -0.05) is 30.3 Å². The summed E-state index contributed by atoms with van der Waals surface area (Å²) in [6, 6.07) is 17.0. The fourth-order valence-electron chi connectivity index (χ4n) is 3.90. The van der Waals surface area contributed by atoms with Crippen molar-refractivity contribution in [1.82, 2.24) is 14.7 Å². The van der Waals surface area contributed by atoms with Gasteiger partial charge in [-0.3, -0.25) is 24.2 Å². The first-order valence-electron chi connectivity index (χ1n) is 10.7. The minimum absolute atomic E-state index is 0.0139. The molecule has 0 N–H and O–H groups in total. The normalized spacial score (nSPS) is 17.3. The van der Waals surface area contributed by atoms with E-state index in [2.05, 4.69) is 4.90 Å². The van der Waals surface area contributed by atoms with E-state index >= 15 is 0 Å². The van der Waals surface area contributed by atoms with E-state index in [4.69, 9.17) is 4.74 Å². The predicted molar refractivity (Wildman–Crippen MR) is 116 cm³/mol. The Balaban J connectivity index is 1.23. The third-order valence-electron chi connectivity index (χ3n) is 5.78. The van der Waals surface area contributed by atoms with E-state index in [1.807, 2.05) is 47.4 Å². The second-order valence-electron chi connectivity index (χ2n) is 7.87. The van der Waals surface area contributed by atoms with Gasteiger partial charge in [0.15, 0.2) is 0 Å². The molecule has 4 rings (SSSR count). The van der Waals surface area contributed by atoms with Crippen molar-refractivity contribution in [2.24, 2.45) is 0 Å². The number of likely N-dealkylation sites (tertiary alicyclic amines) is 1. The Hall–Kier alpha value is -3.19. The van der Waals surface area contributed by atoms with Gasteiger partial charge < -0.3 is 9.64 Å². The van der Waals surface area contributed by atoms with Crippen molar-refractivity contribution >= 4 is 17.7 Å². The number of ether oxygens (including phenoxy) is 1. The summed E-state index contributed by atoms with van der Waals surface area (Å²) in [6.45, 7) is 4.74. The van der Waals surface area contributed by atoms with E-state index in [1.54, 1.807) is 12.1 Å². The Bertz CT molecular complexity index is 906. The van der Waals surface area contributed by atoms with Crippen molar-refractivity contribution in [3.05, 3.63) is 65.7 Å². The lowest BCUT2D eigenvalue weighted by molar-refractivity contribution is -0.139. The summed E-state index contributed by atoms with van der Waals surface area (Å²) in [4.78, 5) is 41.8. The van der Waals surface area contributed by atoms with Crippen LogP contribution in [0.25, 0.3) is 0 Å². The molecule has 2 aromatic carbocycles. The molecule has 0 atom stereocenters. The van der Waals surface area contributed by atoms with Gasteiger partial charge in [-0.25, -0.2) is 0 Å². The van der Waals surface area contributed by atoms with Gasteiger partial charge in [0, 0.05) is 51.1 Å². The van der Waals surface area contributed by atoms with Crippen LogP contribution in [0.4, 0.5) is 0 Å². The highest BCUT2D eigenvalue weighted by Gasteiger charge is 2.28. The maximum atomic E-state index is 12.8. The maximum absolute atomic E-state index is 12.8. The molecule has 0 aromatic heterocycles. The molecule has 0 bridgehead atoms. The van der Waals surface area contributed by atoms with E-state index in [0.717, 1.165) is 30.9 Å². The van der Waals surface area contributed by atoms with Crippen LogP contribution < -0.4 is 4.74 Å². The Labute approximate surface area is 182 Å². The fraction of sp³-hybridized carbons (Fsp3) is 0.375. The zero-order valence-corrected chi connectivity index (χ0v) is 17.5. The topological polar surface area (TPSA) is 70.2 Å². The van der Waals surface area contributed by atoms with Crippen LogP contribution in [0.15, 0.2) is 54.6 Å². The summed E-state index contributed by atoms with van der Waals surface area (Å²) < 4.78 is 5.76. The number of benzene rings is 2. The standard InChI is InChI=1S/C24H27N3O4/c28-22-10-11-23(29)27(22)18-19-6-8-20(9-7-19)24(30)26-14-12-25(13-15-26)16-17-31-21-4-2-1-3-5-21/h1-9H,10-18H2. The van der Waals surface area contributed by atoms with Crippen LogP contribution in [0, 0.1) is 0 Å². The molecule has 2 aliphatic rings. The predicted octanol–water partition coefficient (Wildman–Crippen LogP) is 2.17. The lowest BCUT2D eigenvalue weighted by Gasteiger charge is -2.34. The zero-order valence-electron chi connectivity index (χ0n) is 17.5. The number of para-hydroxylation sites is 1. The summed E-state index contributed by atoms with van der Waals surface area (Å²) in [5.41, 5.74) is 1.48. The molecule has 162 valence electrons. The first kappa shape index (κ1) is 21.1. The molecular weight excluding hydrogens is 394 g/mol. The quantitative estimate of drug-likeness (QED) is 0.641. The van der Waals surface area contributed by atoms with Crippen molar-refractivity contribution in [2.75, 3.05) is 39.3 Å². The van der Waals surface area contributed by atoms with Gasteiger partial charge in [0.05, 0.1) is 6.54 Å². The van der Waals surface area contributed by atoms with Crippen molar-refractivity contribution in [2.45, 2.75) is 19.4 Å². The van der Waals surface area contributed by atoms with Crippen LogP contribution >= 0.6 is 0 Å². The van der Waals surface area contributed by atoms with E-state index < -0.39 is 0 Å². The van der Waals surface area contributed by atoms with Gasteiger partial charge in [-0.2, -0.15) is 0 Å². The maximum Gasteiger partial charge on any atom is 0.253 e. The van der Waals surface area contributed by atoms with Gasteiger partial charge in [-0.05, 0) is 29.8 Å². The molecule has 0 spiro atoms. The molecule has 31 heavy (non-hydrogen) atoms. The Kier molecular flexibility index (Phi) is 6.62. The van der Waals surface area contributed by atoms with E-state index in [1.165, 1.54) is 4.90 Å². The number of nitrogens with zero attached hydrogens (tertiary/aromatic N) is 3. The molecule has 0 saturated carbocycles. The number of piperazine rings is 1. The van der Waals surface area contributed by atoms with Crippen LogP contribution in [0.2, 0.25) is 0 Å². The average Bonchev–Trinajstić information content (AvgIpc) is 3.12. The molecule has 7 nitrogen and oxygen atoms in total. The molecule has 2 aliphatic heterocycles. The van der Waals surface area contributed by atoms with E-state index in [-0.39, 0.29) is 24.3 Å². The third kappa shape index (κ3) is 5.30. The summed E-state index contributed by atoms with van der Waals surface area (Å²) in [6.07, 6.45) is 0.583. The van der Waals surface area contributed by atoms with Crippen molar-refractivity contribution in [3.8, 4) is 5.75 Å². The van der Waals surface area contributed by atoms with Crippen LogP contribution in [0.1, 0.15) is 28.8 Å². The van der Waals surface area contributed by atoms with Gasteiger partial charge in [0.1, 0.15) is 12.4 Å². The minimum atomic E-state index is -0.128. The number of amides is 3. The van der Waals surface area contributed by atoms with Gasteiger partial charge in [0.2, 0.25) is 11.8 Å². The van der Waals surface area contributed by atoms with Gasteiger partial charge in [-0.15, -0.1) is 0 Å². The average molecular weight is 421 g/mol. The number of hydrogen-bond acceptors (Lipinski definition) is 5. The zero-order chi connectivity index (χ0) is 21.6. The second-order valence-corrected chi connectivity index (χ2v) is 7.87. The van der Waals surface area contributed by atoms with Crippen molar-refractivity contribution in [1.29, 1.82) is 0 Å². The molecule has 7 heteroatoms. The monoisotopic (exact) mass is 421 g/mol. The highest BCUT2D eigenvalue weighted by Crippen LogP contribution is 2.17. The summed E-state index contributed by atoms with van der Waals surface area (Å²) in [7, 11) is 0. The third-order valence-corrected chi connectivity index (χ3v) is 5.78. The Morgan fingerprint density at radius 2 is 1.48 bits per heavy atom. The van der Waals surface area contributed by atoms with Crippen LogP contribution in [-0.4, -0.2) is 71.8 Å². The summed E-state index contributed by atoms with van der Waals surface area (Å²) in [5.74, 6) is 0.632. The fourth-order valence-corrected chi connectivity index (χ4v) is 3.90. The van der Waals surface area contributed by atoms with Crippen molar-refractivity contribution in [3.63, 3.8) is 0 Å². The molecular formula is C24H27N3O4. The number of carbonyl (C=O) groups is 3. The number of hydrogen-bond donors (Lipinski definition) is 0. The second kappa shape index (κ2) is 9.75. The van der Waals surface area contributed by atoms with E-state index in [0.29, 0.717) is 38.1 Å². The van der Waals surface area contributed by atoms with E-state index in [9.17, 15) is 14.4 Å². The molecule has 0 radical (unpaired) electrons. The largest absolute Gasteiger partial charge is 0.492 e. The lowest BCUT2D eigenvalue weighted by atomic mass is 10.1.